The number of aromatic nitrogens is 1. The molecule has 0 spiro atoms. The van der Waals surface area contributed by atoms with Crippen LogP contribution in [0, 0.1) is 5.92 Å². The van der Waals surface area contributed by atoms with Gasteiger partial charge in [0.05, 0.1) is 12.7 Å². The van der Waals surface area contributed by atoms with Gasteiger partial charge in [-0.05, 0) is 18.4 Å². The van der Waals surface area contributed by atoms with Crippen molar-refractivity contribution >= 4 is 0 Å². The summed E-state index contributed by atoms with van der Waals surface area (Å²) in [5.74, 6) is 0.649. The van der Waals surface area contributed by atoms with Gasteiger partial charge >= 0.3 is 0 Å². The standard InChI is InChI=1S/C15H26N2O/c1-3-5-7-13(4-2)12-18-15(10-16)14-8-6-9-17-11-14/h6,8-9,11,13,15H,3-5,7,10,12,16H2,1-2H3. The summed E-state index contributed by atoms with van der Waals surface area (Å²) < 4.78 is 5.96. The maximum atomic E-state index is 5.96. The molecule has 3 nitrogen and oxygen atoms in total. The smallest absolute Gasteiger partial charge is 0.0962 e. The van der Waals surface area contributed by atoms with Crippen LogP contribution in [-0.4, -0.2) is 18.1 Å². The predicted octanol–water partition coefficient (Wildman–Crippen LogP) is 3.31. The van der Waals surface area contributed by atoms with Crippen molar-refractivity contribution in [1.29, 1.82) is 0 Å². The number of nitrogens with zero attached hydrogens (tertiary/aromatic N) is 1. The molecular weight excluding hydrogens is 224 g/mol. The number of ether oxygens (including phenoxy) is 1. The minimum atomic E-state index is -0.0191. The van der Waals surface area contributed by atoms with E-state index in [4.69, 9.17) is 10.5 Å². The fourth-order valence-electron chi connectivity index (χ4n) is 2.02. The highest BCUT2D eigenvalue weighted by molar-refractivity contribution is 5.12. The molecule has 0 saturated carbocycles. The van der Waals surface area contributed by atoms with E-state index in [0.717, 1.165) is 12.2 Å². The van der Waals surface area contributed by atoms with Crippen molar-refractivity contribution in [3.8, 4) is 0 Å². The van der Waals surface area contributed by atoms with Crippen LogP contribution < -0.4 is 5.73 Å². The summed E-state index contributed by atoms with van der Waals surface area (Å²) in [7, 11) is 0. The van der Waals surface area contributed by atoms with Crippen molar-refractivity contribution in [2.75, 3.05) is 13.2 Å². The first-order valence-electron chi connectivity index (χ1n) is 7.03. The van der Waals surface area contributed by atoms with Crippen LogP contribution in [0.25, 0.3) is 0 Å². The Labute approximate surface area is 111 Å². The predicted molar refractivity (Wildman–Crippen MR) is 75.3 cm³/mol. The highest BCUT2D eigenvalue weighted by Gasteiger charge is 2.13. The van der Waals surface area contributed by atoms with E-state index < -0.39 is 0 Å². The summed E-state index contributed by atoms with van der Waals surface area (Å²) >= 11 is 0. The first-order chi connectivity index (χ1) is 8.81. The van der Waals surface area contributed by atoms with E-state index in [2.05, 4.69) is 18.8 Å². The van der Waals surface area contributed by atoms with Gasteiger partial charge in [0.15, 0.2) is 0 Å². The van der Waals surface area contributed by atoms with E-state index in [1.165, 1.54) is 25.7 Å². The number of unbranched alkanes of at least 4 members (excludes halogenated alkanes) is 1. The maximum Gasteiger partial charge on any atom is 0.0962 e. The monoisotopic (exact) mass is 250 g/mol. The van der Waals surface area contributed by atoms with E-state index in [-0.39, 0.29) is 6.10 Å². The van der Waals surface area contributed by atoms with E-state index in [1.54, 1.807) is 6.20 Å². The van der Waals surface area contributed by atoms with Gasteiger partial charge in [0.1, 0.15) is 0 Å². The molecule has 0 radical (unpaired) electrons. The highest BCUT2D eigenvalue weighted by Crippen LogP contribution is 2.19. The van der Waals surface area contributed by atoms with Gasteiger partial charge in [-0.15, -0.1) is 0 Å². The third-order valence-electron chi connectivity index (χ3n) is 3.35. The largest absolute Gasteiger partial charge is 0.372 e. The van der Waals surface area contributed by atoms with Crippen LogP contribution in [0.5, 0.6) is 0 Å². The molecule has 0 aliphatic heterocycles. The summed E-state index contributed by atoms with van der Waals surface area (Å²) in [6.07, 6.45) is 8.54. The van der Waals surface area contributed by atoms with E-state index in [0.29, 0.717) is 12.5 Å². The molecule has 2 atom stereocenters. The molecule has 0 fully saturated rings. The molecule has 0 aliphatic rings. The molecule has 0 aromatic carbocycles. The van der Waals surface area contributed by atoms with Gasteiger partial charge in [-0.1, -0.05) is 39.2 Å². The molecule has 1 rings (SSSR count). The Kier molecular flexibility index (Phi) is 7.62. The van der Waals surface area contributed by atoms with Crippen LogP contribution in [0.2, 0.25) is 0 Å². The Hall–Kier alpha value is -0.930. The van der Waals surface area contributed by atoms with E-state index in [1.807, 2.05) is 18.3 Å². The van der Waals surface area contributed by atoms with Gasteiger partial charge in [0.25, 0.3) is 0 Å². The lowest BCUT2D eigenvalue weighted by Gasteiger charge is -2.20. The fourth-order valence-corrected chi connectivity index (χ4v) is 2.02. The number of nitrogens with two attached hydrogens (primary N) is 1. The molecule has 0 amide bonds. The second-order valence-corrected chi connectivity index (χ2v) is 4.76. The van der Waals surface area contributed by atoms with Crippen LogP contribution in [0.3, 0.4) is 0 Å². The normalized spacial score (nSPS) is 14.4. The Morgan fingerprint density at radius 1 is 1.39 bits per heavy atom. The Morgan fingerprint density at radius 3 is 2.78 bits per heavy atom. The van der Waals surface area contributed by atoms with Crippen LogP contribution in [-0.2, 0) is 4.74 Å². The molecule has 2 unspecified atom stereocenters. The summed E-state index contributed by atoms with van der Waals surface area (Å²) in [5.41, 5.74) is 6.85. The van der Waals surface area contributed by atoms with Gasteiger partial charge in [-0.25, -0.2) is 0 Å². The molecule has 1 aromatic rings. The molecule has 3 heteroatoms. The zero-order valence-electron chi connectivity index (χ0n) is 11.6. The van der Waals surface area contributed by atoms with Crippen molar-refractivity contribution < 1.29 is 4.74 Å². The molecule has 0 saturated heterocycles. The molecule has 2 N–H and O–H groups in total. The van der Waals surface area contributed by atoms with Crippen molar-refractivity contribution in [2.45, 2.75) is 45.6 Å². The Bertz CT molecular complexity index is 303. The first kappa shape index (κ1) is 15.1. The average molecular weight is 250 g/mol. The summed E-state index contributed by atoms with van der Waals surface area (Å²) in [6.45, 7) is 5.76. The van der Waals surface area contributed by atoms with Crippen LogP contribution in [0.4, 0.5) is 0 Å². The second kappa shape index (κ2) is 9.06. The molecule has 102 valence electrons. The number of hydrogen-bond acceptors (Lipinski definition) is 3. The molecular formula is C15H26N2O. The summed E-state index contributed by atoms with van der Waals surface area (Å²) in [5, 5.41) is 0. The molecule has 0 aliphatic carbocycles. The minimum Gasteiger partial charge on any atom is -0.372 e. The molecule has 1 aromatic heterocycles. The molecule has 1 heterocycles. The summed E-state index contributed by atoms with van der Waals surface area (Å²) in [4.78, 5) is 4.11. The minimum absolute atomic E-state index is 0.0191. The number of rotatable bonds is 9. The zero-order chi connectivity index (χ0) is 13.2. The quantitative estimate of drug-likeness (QED) is 0.731. The van der Waals surface area contributed by atoms with Gasteiger partial charge in [-0.3, -0.25) is 4.98 Å². The van der Waals surface area contributed by atoms with Gasteiger partial charge < -0.3 is 10.5 Å². The van der Waals surface area contributed by atoms with Gasteiger partial charge in [0.2, 0.25) is 0 Å². The van der Waals surface area contributed by atoms with Crippen LogP contribution >= 0.6 is 0 Å². The number of pyridine rings is 1. The Morgan fingerprint density at radius 2 is 2.22 bits per heavy atom. The van der Waals surface area contributed by atoms with Gasteiger partial charge in [0, 0.05) is 24.5 Å². The lowest BCUT2D eigenvalue weighted by atomic mass is 10.0. The summed E-state index contributed by atoms with van der Waals surface area (Å²) in [6, 6.07) is 3.95. The van der Waals surface area contributed by atoms with Crippen molar-refractivity contribution in [3.05, 3.63) is 30.1 Å². The lowest BCUT2D eigenvalue weighted by molar-refractivity contribution is 0.0297. The maximum absolute atomic E-state index is 5.96. The Balaban J connectivity index is 2.43. The van der Waals surface area contributed by atoms with Crippen LogP contribution in [0.15, 0.2) is 24.5 Å². The highest BCUT2D eigenvalue weighted by atomic mass is 16.5. The van der Waals surface area contributed by atoms with Gasteiger partial charge in [-0.2, -0.15) is 0 Å². The zero-order valence-corrected chi connectivity index (χ0v) is 11.6. The third kappa shape index (κ3) is 5.15. The van der Waals surface area contributed by atoms with Crippen molar-refractivity contribution in [1.82, 2.24) is 4.98 Å². The SMILES string of the molecule is CCCCC(CC)COC(CN)c1cccnc1. The van der Waals surface area contributed by atoms with Crippen LogP contribution in [0.1, 0.15) is 51.2 Å². The first-order valence-corrected chi connectivity index (χ1v) is 7.03. The number of hydrogen-bond donors (Lipinski definition) is 1. The van der Waals surface area contributed by atoms with Crippen molar-refractivity contribution in [3.63, 3.8) is 0 Å². The van der Waals surface area contributed by atoms with E-state index in [9.17, 15) is 0 Å². The molecule has 18 heavy (non-hydrogen) atoms. The fraction of sp³-hybridized carbons (Fsp3) is 0.667. The third-order valence-corrected chi connectivity index (χ3v) is 3.35. The second-order valence-electron chi connectivity index (χ2n) is 4.76. The average Bonchev–Trinajstić information content (AvgIpc) is 2.44. The van der Waals surface area contributed by atoms with E-state index >= 15 is 0 Å². The van der Waals surface area contributed by atoms with Crippen molar-refractivity contribution in [2.24, 2.45) is 11.7 Å². The topological polar surface area (TPSA) is 48.1 Å². The lowest BCUT2D eigenvalue weighted by Crippen LogP contribution is -2.19. The molecule has 0 bridgehead atoms.